The molecule has 0 atom stereocenters. The van der Waals surface area contributed by atoms with Gasteiger partial charge in [0, 0.05) is 6.92 Å². The molecule has 0 bridgehead atoms. The predicted molar refractivity (Wildman–Crippen MR) is 140 cm³/mol. The number of esters is 3. The summed E-state index contributed by atoms with van der Waals surface area (Å²) in [6, 6.07) is 0. The van der Waals surface area contributed by atoms with Gasteiger partial charge in [0.1, 0.15) is 5.60 Å². The maximum atomic E-state index is 11.9. The van der Waals surface area contributed by atoms with Crippen LogP contribution in [0.4, 0.5) is 0 Å². The zero-order valence-corrected chi connectivity index (χ0v) is 25.8. The second-order valence-corrected chi connectivity index (χ2v) is 13.1. The summed E-state index contributed by atoms with van der Waals surface area (Å²) in [5, 5.41) is 9.86. The lowest BCUT2D eigenvalue weighted by Crippen LogP contribution is -2.50. The van der Waals surface area contributed by atoms with Gasteiger partial charge in [-0.3, -0.25) is 9.59 Å². The van der Waals surface area contributed by atoms with E-state index in [0.29, 0.717) is 12.8 Å². The van der Waals surface area contributed by atoms with Crippen LogP contribution in [0.1, 0.15) is 117 Å². The summed E-state index contributed by atoms with van der Waals surface area (Å²) in [6.07, 6.45) is 1.33. The topological polar surface area (TPSA) is 118 Å². The molecule has 0 aromatic rings. The van der Waals surface area contributed by atoms with Crippen molar-refractivity contribution in [2.24, 2.45) is 10.8 Å². The van der Waals surface area contributed by atoms with Crippen molar-refractivity contribution in [3.63, 3.8) is 0 Å². The van der Waals surface area contributed by atoms with E-state index in [1.165, 1.54) is 6.92 Å². The Hall–Kier alpha value is -1.71. The first kappa shape index (κ1) is 35.3. The molecule has 37 heavy (non-hydrogen) atoms. The standard InChI is InChI=1S/C16H28O6.C12H24O3/c1-9-13(2,3)12(18)19-10-11(17)20-16(8)21-14(4,5)15(6,7)22-16;1-8-10(2,3)9(13)15-12(6,7)11(4,5)14/h9-10H2,1-8H3;14H,8H2,1-7H3. The summed E-state index contributed by atoms with van der Waals surface area (Å²) < 4.78 is 27.0. The molecule has 0 aromatic carbocycles. The van der Waals surface area contributed by atoms with Crippen molar-refractivity contribution in [1.29, 1.82) is 0 Å². The van der Waals surface area contributed by atoms with Crippen LogP contribution in [0.5, 0.6) is 0 Å². The van der Waals surface area contributed by atoms with Crippen LogP contribution in [-0.2, 0) is 38.1 Å². The minimum atomic E-state index is -1.49. The maximum Gasteiger partial charge on any atom is 0.348 e. The molecule has 1 N–H and O–H groups in total. The highest BCUT2D eigenvalue weighted by Gasteiger charge is 2.57. The van der Waals surface area contributed by atoms with Crippen LogP contribution in [0, 0.1) is 10.8 Å². The Morgan fingerprint density at radius 3 is 1.46 bits per heavy atom. The van der Waals surface area contributed by atoms with Crippen molar-refractivity contribution in [1.82, 2.24) is 0 Å². The number of carbonyl (C=O) groups excluding carboxylic acids is 3. The molecule has 0 radical (unpaired) electrons. The maximum absolute atomic E-state index is 11.9. The Bertz CT molecular complexity index is 798. The van der Waals surface area contributed by atoms with Gasteiger partial charge in [-0.2, -0.15) is 0 Å². The van der Waals surface area contributed by atoms with Crippen molar-refractivity contribution in [3.8, 4) is 0 Å². The molecule has 0 aliphatic carbocycles. The molecule has 0 aromatic heterocycles. The third-order valence-corrected chi connectivity index (χ3v) is 7.65. The molecule has 218 valence electrons. The first-order valence-electron chi connectivity index (χ1n) is 12.9. The molecular weight excluding hydrogens is 480 g/mol. The zero-order valence-electron chi connectivity index (χ0n) is 25.8. The fourth-order valence-electron chi connectivity index (χ4n) is 2.57. The molecule has 1 fully saturated rings. The summed E-state index contributed by atoms with van der Waals surface area (Å²) in [4.78, 5) is 35.5. The lowest BCUT2D eigenvalue weighted by molar-refractivity contribution is -0.323. The summed E-state index contributed by atoms with van der Waals surface area (Å²) in [5.74, 6) is -2.91. The van der Waals surface area contributed by atoms with Gasteiger partial charge >= 0.3 is 23.9 Å². The van der Waals surface area contributed by atoms with E-state index in [0.717, 1.165) is 0 Å². The van der Waals surface area contributed by atoms with Gasteiger partial charge in [0.2, 0.25) is 0 Å². The van der Waals surface area contributed by atoms with Crippen molar-refractivity contribution in [2.75, 3.05) is 6.61 Å². The quantitative estimate of drug-likeness (QED) is 0.312. The molecule has 9 heteroatoms. The van der Waals surface area contributed by atoms with Crippen molar-refractivity contribution in [2.45, 2.75) is 145 Å². The van der Waals surface area contributed by atoms with E-state index in [4.69, 9.17) is 23.7 Å². The Labute approximate surface area is 223 Å². The molecule has 1 aliphatic rings. The van der Waals surface area contributed by atoms with E-state index in [1.54, 1.807) is 41.5 Å². The third-order valence-electron chi connectivity index (χ3n) is 7.65. The number of hydrogen-bond acceptors (Lipinski definition) is 9. The fourth-order valence-corrected chi connectivity index (χ4v) is 2.57. The molecular formula is C28H52O9. The molecule has 0 spiro atoms. The van der Waals surface area contributed by atoms with Gasteiger partial charge in [-0.25, -0.2) is 4.79 Å². The Morgan fingerprint density at radius 1 is 0.730 bits per heavy atom. The number of hydrogen-bond donors (Lipinski definition) is 1. The van der Waals surface area contributed by atoms with Gasteiger partial charge in [-0.1, -0.05) is 13.8 Å². The van der Waals surface area contributed by atoms with Gasteiger partial charge in [-0.15, -0.1) is 0 Å². The van der Waals surface area contributed by atoms with E-state index in [1.807, 2.05) is 55.4 Å². The number of rotatable bonds is 9. The first-order chi connectivity index (χ1) is 16.2. The molecule has 0 saturated carbocycles. The molecule has 1 rings (SSSR count). The predicted octanol–water partition coefficient (Wildman–Crippen LogP) is 5.30. The second kappa shape index (κ2) is 11.6. The average molecular weight is 533 g/mol. The van der Waals surface area contributed by atoms with E-state index >= 15 is 0 Å². The molecule has 1 aliphatic heterocycles. The van der Waals surface area contributed by atoms with Gasteiger partial charge in [-0.05, 0) is 95.9 Å². The number of aliphatic hydroxyl groups is 1. The van der Waals surface area contributed by atoms with Crippen molar-refractivity contribution >= 4 is 17.9 Å². The molecule has 9 nitrogen and oxygen atoms in total. The number of carbonyl (C=O) groups is 3. The SMILES string of the molecule is CCC(C)(C)C(=O)OC(C)(C)C(C)(C)O.CCC(C)(C)C(=O)OCC(=O)OC1(C)OC(C)(C)C(C)(C)O1. The van der Waals surface area contributed by atoms with Crippen LogP contribution >= 0.6 is 0 Å². The van der Waals surface area contributed by atoms with E-state index in [-0.39, 0.29) is 5.97 Å². The molecule has 1 heterocycles. The summed E-state index contributed by atoms with van der Waals surface area (Å²) >= 11 is 0. The Balaban J connectivity index is 0.000000757. The van der Waals surface area contributed by atoms with E-state index in [2.05, 4.69) is 0 Å². The summed E-state index contributed by atoms with van der Waals surface area (Å²) in [5.41, 5.74) is -4.30. The smallest absolute Gasteiger partial charge is 0.348 e. The average Bonchev–Trinajstić information content (AvgIpc) is 2.86. The van der Waals surface area contributed by atoms with Gasteiger partial charge in [0.25, 0.3) is 0 Å². The largest absolute Gasteiger partial charge is 0.456 e. The second-order valence-electron chi connectivity index (χ2n) is 13.1. The minimum absolute atomic E-state index is 0.267. The van der Waals surface area contributed by atoms with Crippen LogP contribution in [-0.4, -0.2) is 58.0 Å². The molecule has 0 amide bonds. The number of ether oxygens (including phenoxy) is 5. The van der Waals surface area contributed by atoms with Crippen LogP contribution in [0.25, 0.3) is 0 Å². The van der Waals surface area contributed by atoms with Gasteiger partial charge < -0.3 is 28.8 Å². The monoisotopic (exact) mass is 532 g/mol. The van der Waals surface area contributed by atoms with Crippen molar-refractivity contribution < 1.29 is 43.2 Å². The van der Waals surface area contributed by atoms with Gasteiger partial charge in [0.05, 0.1) is 27.6 Å². The van der Waals surface area contributed by atoms with Gasteiger partial charge in [0.15, 0.2) is 6.61 Å². The molecule has 0 unspecified atom stereocenters. The van der Waals surface area contributed by atoms with Crippen molar-refractivity contribution in [3.05, 3.63) is 0 Å². The van der Waals surface area contributed by atoms with E-state index in [9.17, 15) is 19.5 Å². The Kier molecular flexibility index (Phi) is 11.0. The van der Waals surface area contributed by atoms with Crippen LogP contribution in [0.2, 0.25) is 0 Å². The van der Waals surface area contributed by atoms with Crippen LogP contribution in [0.15, 0.2) is 0 Å². The highest BCUT2D eigenvalue weighted by molar-refractivity contribution is 5.79. The first-order valence-corrected chi connectivity index (χ1v) is 12.9. The Morgan fingerprint density at radius 2 is 1.11 bits per heavy atom. The van der Waals surface area contributed by atoms with E-state index < -0.39 is 57.8 Å². The summed E-state index contributed by atoms with van der Waals surface area (Å²) in [7, 11) is 0. The fraction of sp³-hybridized carbons (Fsp3) is 0.893. The lowest BCUT2D eigenvalue weighted by atomic mass is 9.87. The normalized spacial score (nSPS) is 18.8. The highest BCUT2D eigenvalue weighted by Crippen LogP contribution is 2.44. The van der Waals surface area contributed by atoms with Crippen LogP contribution in [0.3, 0.4) is 0 Å². The molecule has 1 saturated heterocycles. The highest BCUT2D eigenvalue weighted by atomic mass is 16.9. The summed E-state index contributed by atoms with van der Waals surface area (Å²) in [6.45, 7) is 26.2. The zero-order chi connectivity index (χ0) is 29.9. The third kappa shape index (κ3) is 9.52. The van der Waals surface area contributed by atoms with Crippen LogP contribution < -0.4 is 0 Å². The lowest BCUT2D eigenvalue weighted by Gasteiger charge is -2.38. The minimum Gasteiger partial charge on any atom is -0.456 e.